The van der Waals surface area contributed by atoms with Gasteiger partial charge in [0.25, 0.3) is 0 Å². The van der Waals surface area contributed by atoms with Gasteiger partial charge in [0.05, 0.1) is 7.11 Å². The highest BCUT2D eigenvalue weighted by Gasteiger charge is 2.16. The first kappa shape index (κ1) is 16.0. The van der Waals surface area contributed by atoms with E-state index in [1.54, 1.807) is 24.4 Å². The largest absolute Gasteiger partial charge is 0.504 e. The first-order valence-electron chi connectivity index (χ1n) is 8.20. The summed E-state index contributed by atoms with van der Waals surface area (Å²) in [7, 11) is 1.52. The van der Waals surface area contributed by atoms with Gasteiger partial charge in [-0.15, -0.1) is 0 Å². The number of nitrogens with zero attached hydrogens (tertiary/aromatic N) is 3. The van der Waals surface area contributed by atoms with Gasteiger partial charge in [0.2, 0.25) is 5.78 Å². The van der Waals surface area contributed by atoms with Gasteiger partial charge in [0.15, 0.2) is 11.5 Å². The Morgan fingerprint density at radius 1 is 1.12 bits per heavy atom. The highest BCUT2D eigenvalue weighted by Crippen LogP contribution is 2.35. The molecule has 2 N–H and O–H groups in total. The molecule has 0 aliphatic carbocycles. The topological polar surface area (TPSA) is 71.7 Å². The number of anilines is 2. The number of benzene rings is 2. The fraction of sp³-hybridized carbons (Fsp3) is 0.100. The average molecular weight is 346 g/mol. The number of aryl methyl sites for hydroxylation is 1. The van der Waals surface area contributed by atoms with E-state index in [1.807, 2.05) is 41.8 Å². The molecular formula is C20H18N4O2. The Labute approximate surface area is 150 Å². The SMILES string of the molecule is COc1cc(-c2nc3ncccn3c2Nc2cccc(C)c2)ccc1O. The summed E-state index contributed by atoms with van der Waals surface area (Å²) in [5.41, 5.74) is 3.67. The molecule has 130 valence electrons. The maximum absolute atomic E-state index is 9.88. The van der Waals surface area contributed by atoms with Crippen LogP contribution in [0.15, 0.2) is 60.9 Å². The van der Waals surface area contributed by atoms with Crippen LogP contribution < -0.4 is 10.1 Å². The van der Waals surface area contributed by atoms with Crippen molar-refractivity contribution in [1.82, 2.24) is 14.4 Å². The number of imidazole rings is 1. The van der Waals surface area contributed by atoms with E-state index >= 15 is 0 Å². The number of nitrogens with one attached hydrogen (secondary N) is 1. The minimum atomic E-state index is 0.0892. The predicted octanol–water partition coefficient (Wildman–Crippen LogP) is 4.16. The van der Waals surface area contributed by atoms with Crippen molar-refractivity contribution >= 4 is 17.3 Å². The van der Waals surface area contributed by atoms with Crippen LogP contribution in [-0.2, 0) is 0 Å². The zero-order chi connectivity index (χ0) is 18.1. The van der Waals surface area contributed by atoms with E-state index < -0.39 is 0 Å². The summed E-state index contributed by atoms with van der Waals surface area (Å²) in [5, 5.41) is 13.3. The molecule has 6 nitrogen and oxygen atoms in total. The van der Waals surface area contributed by atoms with Crippen molar-refractivity contribution in [1.29, 1.82) is 0 Å². The number of phenolic OH excluding ortho intramolecular Hbond substituents is 1. The Hall–Kier alpha value is -3.54. The molecule has 0 bridgehead atoms. The number of fused-ring (bicyclic) bond motifs is 1. The van der Waals surface area contributed by atoms with Crippen molar-refractivity contribution in [3.63, 3.8) is 0 Å². The Bertz CT molecular complexity index is 1090. The Balaban J connectivity index is 1.89. The van der Waals surface area contributed by atoms with E-state index in [0.717, 1.165) is 28.3 Å². The lowest BCUT2D eigenvalue weighted by Gasteiger charge is -2.10. The summed E-state index contributed by atoms with van der Waals surface area (Å²) < 4.78 is 7.13. The number of hydrogen-bond acceptors (Lipinski definition) is 5. The lowest BCUT2D eigenvalue weighted by atomic mass is 10.1. The minimum Gasteiger partial charge on any atom is -0.504 e. The quantitative estimate of drug-likeness (QED) is 0.580. The Kier molecular flexibility index (Phi) is 3.93. The van der Waals surface area contributed by atoms with Crippen molar-refractivity contribution in [2.45, 2.75) is 6.92 Å². The molecule has 0 radical (unpaired) electrons. The zero-order valence-electron chi connectivity index (χ0n) is 14.5. The summed E-state index contributed by atoms with van der Waals surface area (Å²) in [4.78, 5) is 9.00. The second-order valence-corrected chi connectivity index (χ2v) is 5.98. The highest BCUT2D eigenvalue weighted by molar-refractivity contribution is 5.80. The smallest absolute Gasteiger partial charge is 0.235 e. The molecule has 26 heavy (non-hydrogen) atoms. The van der Waals surface area contributed by atoms with Crippen molar-refractivity contribution in [3.05, 3.63) is 66.5 Å². The molecule has 0 aliphatic heterocycles. The molecule has 4 rings (SSSR count). The first-order valence-corrected chi connectivity index (χ1v) is 8.20. The molecule has 2 aromatic carbocycles. The van der Waals surface area contributed by atoms with Gasteiger partial charge in [-0.2, -0.15) is 0 Å². The van der Waals surface area contributed by atoms with Crippen LogP contribution in [0.2, 0.25) is 0 Å². The van der Waals surface area contributed by atoms with Crippen LogP contribution >= 0.6 is 0 Å². The Morgan fingerprint density at radius 3 is 2.81 bits per heavy atom. The summed E-state index contributed by atoms with van der Waals surface area (Å²) in [6.07, 6.45) is 3.62. The van der Waals surface area contributed by atoms with Crippen LogP contribution in [0.3, 0.4) is 0 Å². The molecule has 0 atom stereocenters. The molecule has 2 aromatic heterocycles. The van der Waals surface area contributed by atoms with Gasteiger partial charge in [-0.3, -0.25) is 4.40 Å². The number of rotatable bonds is 4. The molecule has 4 aromatic rings. The van der Waals surface area contributed by atoms with Crippen molar-refractivity contribution in [3.8, 4) is 22.8 Å². The van der Waals surface area contributed by atoms with Crippen LogP contribution in [0.1, 0.15) is 5.56 Å². The van der Waals surface area contributed by atoms with E-state index in [0.29, 0.717) is 11.5 Å². The molecule has 2 heterocycles. The van der Waals surface area contributed by atoms with Gasteiger partial charge < -0.3 is 15.2 Å². The number of phenols is 1. The molecule has 0 aliphatic rings. The second kappa shape index (κ2) is 6.40. The minimum absolute atomic E-state index is 0.0892. The Morgan fingerprint density at radius 2 is 2.00 bits per heavy atom. The van der Waals surface area contributed by atoms with Crippen molar-refractivity contribution < 1.29 is 9.84 Å². The molecule has 0 saturated carbocycles. The van der Waals surface area contributed by atoms with E-state index in [2.05, 4.69) is 21.4 Å². The third-order valence-corrected chi connectivity index (χ3v) is 4.14. The number of hydrogen-bond donors (Lipinski definition) is 2. The fourth-order valence-corrected chi connectivity index (χ4v) is 2.89. The third kappa shape index (κ3) is 2.82. The number of aromatic hydroxyl groups is 1. The predicted molar refractivity (Wildman–Crippen MR) is 101 cm³/mol. The van der Waals surface area contributed by atoms with E-state index in [-0.39, 0.29) is 5.75 Å². The summed E-state index contributed by atoms with van der Waals surface area (Å²) >= 11 is 0. The molecule has 0 unspecified atom stereocenters. The monoisotopic (exact) mass is 346 g/mol. The van der Waals surface area contributed by atoms with Gasteiger partial charge in [0.1, 0.15) is 11.5 Å². The second-order valence-electron chi connectivity index (χ2n) is 5.98. The fourth-order valence-electron chi connectivity index (χ4n) is 2.89. The van der Waals surface area contributed by atoms with Crippen LogP contribution in [-0.4, -0.2) is 26.6 Å². The molecule has 0 saturated heterocycles. The van der Waals surface area contributed by atoms with Crippen LogP contribution in [0.5, 0.6) is 11.5 Å². The summed E-state index contributed by atoms with van der Waals surface area (Å²) in [6.45, 7) is 2.05. The molecule has 0 fully saturated rings. The molecule has 0 spiro atoms. The number of aromatic nitrogens is 3. The van der Waals surface area contributed by atoms with Gasteiger partial charge in [0, 0.05) is 23.6 Å². The molecule has 0 amide bonds. The van der Waals surface area contributed by atoms with Crippen molar-refractivity contribution in [2.24, 2.45) is 0 Å². The highest BCUT2D eigenvalue weighted by atomic mass is 16.5. The van der Waals surface area contributed by atoms with Gasteiger partial charge in [-0.1, -0.05) is 12.1 Å². The van der Waals surface area contributed by atoms with E-state index in [4.69, 9.17) is 4.74 Å². The van der Waals surface area contributed by atoms with Crippen LogP contribution in [0.25, 0.3) is 17.0 Å². The summed E-state index contributed by atoms with van der Waals surface area (Å²) in [6, 6.07) is 15.1. The van der Waals surface area contributed by atoms with Gasteiger partial charge in [-0.25, -0.2) is 9.97 Å². The number of methoxy groups -OCH3 is 1. The van der Waals surface area contributed by atoms with Crippen LogP contribution in [0, 0.1) is 6.92 Å². The van der Waals surface area contributed by atoms with E-state index in [9.17, 15) is 5.11 Å². The first-order chi connectivity index (χ1) is 12.7. The standard InChI is InChI=1S/C20H18N4O2/c1-13-5-3-6-15(11-13)22-19-18(23-20-21-9-4-10-24(19)20)14-7-8-16(25)17(12-14)26-2/h3-12,22,25H,1-2H3. The van der Waals surface area contributed by atoms with Crippen LogP contribution in [0.4, 0.5) is 11.5 Å². The van der Waals surface area contributed by atoms with E-state index in [1.165, 1.54) is 7.11 Å². The normalized spacial score (nSPS) is 10.8. The molecule has 6 heteroatoms. The van der Waals surface area contributed by atoms with Crippen molar-refractivity contribution in [2.75, 3.05) is 12.4 Å². The van der Waals surface area contributed by atoms with Gasteiger partial charge in [-0.05, 0) is 48.9 Å². The lowest BCUT2D eigenvalue weighted by Crippen LogP contribution is -1.97. The number of ether oxygens (including phenoxy) is 1. The summed E-state index contributed by atoms with van der Waals surface area (Å²) in [5.74, 6) is 1.87. The van der Waals surface area contributed by atoms with Gasteiger partial charge >= 0.3 is 0 Å². The third-order valence-electron chi connectivity index (χ3n) is 4.14. The average Bonchev–Trinajstić information content (AvgIpc) is 3.01. The maximum atomic E-state index is 9.88. The lowest BCUT2D eigenvalue weighted by molar-refractivity contribution is 0.373. The maximum Gasteiger partial charge on any atom is 0.235 e. The molecular weight excluding hydrogens is 328 g/mol. The zero-order valence-corrected chi connectivity index (χ0v) is 14.5.